The first-order chi connectivity index (χ1) is 10.2. The average molecular weight is 289 g/mol. The van der Waals surface area contributed by atoms with Crippen LogP contribution in [0.15, 0.2) is 18.2 Å². The lowest BCUT2D eigenvalue weighted by atomic mass is 9.86. The Labute approximate surface area is 125 Å². The lowest BCUT2D eigenvalue weighted by molar-refractivity contribution is -0.117. The van der Waals surface area contributed by atoms with Gasteiger partial charge < -0.3 is 14.8 Å². The minimum absolute atomic E-state index is 0.111. The molecule has 1 amide bonds. The Kier molecular flexibility index (Phi) is 4.04. The fourth-order valence-corrected chi connectivity index (χ4v) is 3.99. The number of carbonyl (C=O) groups is 1. The van der Waals surface area contributed by atoms with Crippen molar-refractivity contribution in [3.05, 3.63) is 18.2 Å². The summed E-state index contributed by atoms with van der Waals surface area (Å²) >= 11 is 0. The molecule has 0 radical (unpaired) electrons. The number of benzene rings is 1. The lowest BCUT2D eigenvalue weighted by Crippen LogP contribution is -2.20. The third kappa shape index (κ3) is 2.99. The van der Waals surface area contributed by atoms with E-state index >= 15 is 0 Å². The van der Waals surface area contributed by atoms with Gasteiger partial charge in [-0.25, -0.2) is 0 Å². The molecule has 1 aromatic rings. The minimum Gasteiger partial charge on any atom is -0.493 e. The van der Waals surface area contributed by atoms with Crippen LogP contribution in [-0.2, 0) is 4.79 Å². The summed E-state index contributed by atoms with van der Waals surface area (Å²) in [5.74, 6) is 3.67. The van der Waals surface area contributed by atoms with E-state index in [0.29, 0.717) is 23.8 Å². The van der Waals surface area contributed by atoms with E-state index in [4.69, 9.17) is 9.47 Å². The van der Waals surface area contributed by atoms with Crippen molar-refractivity contribution in [3.8, 4) is 11.5 Å². The monoisotopic (exact) mass is 289 g/mol. The van der Waals surface area contributed by atoms with Crippen LogP contribution in [0.4, 0.5) is 5.69 Å². The molecule has 3 rings (SSSR count). The van der Waals surface area contributed by atoms with E-state index < -0.39 is 0 Å². The van der Waals surface area contributed by atoms with Gasteiger partial charge in [-0.2, -0.15) is 0 Å². The molecule has 0 heterocycles. The molecule has 0 saturated heterocycles. The van der Waals surface area contributed by atoms with Gasteiger partial charge in [-0.1, -0.05) is 6.42 Å². The second-order valence-corrected chi connectivity index (χ2v) is 6.26. The molecule has 2 saturated carbocycles. The number of methoxy groups -OCH3 is 2. The molecule has 2 aliphatic rings. The lowest BCUT2D eigenvalue weighted by Gasteiger charge is -2.21. The van der Waals surface area contributed by atoms with Crippen molar-refractivity contribution < 1.29 is 14.3 Å². The molecule has 114 valence electrons. The van der Waals surface area contributed by atoms with Gasteiger partial charge in [-0.3, -0.25) is 4.79 Å². The number of anilines is 1. The van der Waals surface area contributed by atoms with E-state index in [1.807, 2.05) is 12.1 Å². The van der Waals surface area contributed by atoms with E-state index in [0.717, 1.165) is 17.5 Å². The molecular formula is C17H23NO3. The van der Waals surface area contributed by atoms with Crippen molar-refractivity contribution in [2.24, 2.45) is 17.8 Å². The van der Waals surface area contributed by atoms with Crippen LogP contribution in [0.1, 0.15) is 32.1 Å². The van der Waals surface area contributed by atoms with Gasteiger partial charge in [-0.05, 0) is 49.1 Å². The molecule has 0 aliphatic heterocycles. The molecule has 0 spiro atoms. The number of ether oxygens (including phenoxy) is 2. The second kappa shape index (κ2) is 5.96. The van der Waals surface area contributed by atoms with Crippen LogP contribution in [0.3, 0.4) is 0 Å². The summed E-state index contributed by atoms with van der Waals surface area (Å²) in [6.45, 7) is 0. The number of hydrogen-bond donors (Lipinski definition) is 1. The van der Waals surface area contributed by atoms with Crippen LogP contribution in [-0.4, -0.2) is 20.1 Å². The Morgan fingerprint density at radius 1 is 1.19 bits per heavy atom. The van der Waals surface area contributed by atoms with Crippen LogP contribution in [0.2, 0.25) is 0 Å². The molecule has 4 heteroatoms. The molecular weight excluding hydrogens is 266 g/mol. The quantitative estimate of drug-likeness (QED) is 0.903. The summed E-state index contributed by atoms with van der Waals surface area (Å²) in [6.07, 6.45) is 5.92. The topological polar surface area (TPSA) is 47.6 Å². The molecule has 2 aliphatic carbocycles. The highest BCUT2D eigenvalue weighted by molar-refractivity contribution is 5.91. The fourth-order valence-electron chi connectivity index (χ4n) is 3.99. The number of amides is 1. The van der Waals surface area contributed by atoms with Crippen molar-refractivity contribution in [2.75, 3.05) is 19.5 Å². The third-order valence-electron chi connectivity index (χ3n) is 5.00. The summed E-state index contributed by atoms with van der Waals surface area (Å²) in [5, 5.41) is 2.98. The van der Waals surface area contributed by atoms with E-state index in [1.54, 1.807) is 20.3 Å². The first-order valence-corrected chi connectivity index (χ1v) is 7.71. The number of nitrogens with one attached hydrogen (secondary N) is 1. The Bertz CT molecular complexity index is 529. The maximum absolute atomic E-state index is 12.2. The smallest absolute Gasteiger partial charge is 0.224 e. The predicted octanol–water partition coefficient (Wildman–Crippen LogP) is 3.47. The van der Waals surface area contributed by atoms with Crippen LogP contribution < -0.4 is 14.8 Å². The minimum atomic E-state index is 0.111. The highest BCUT2D eigenvalue weighted by atomic mass is 16.5. The van der Waals surface area contributed by atoms with Crippen molar-refractivity contribution in [3.63, 3.8) is 0 Å². The number of carbonyl (C=O) groups excluding carboxylic acids is 1. The van der Waals surface area contributed by atoms with Crippen LogP contribution >= 0.6 is 0 Å². The van der Waals surface area contributed by atoms with Gasteiger partial charge in [0.25, 0.3) is 0 Å². The summed E-state index contributed by atoms with van der Waals surface area (Å²) in [5.41, 5.74) is 0.765. The Hall–Kier alpha value is -1.71. The van der Waals surface area contributed by atoms with Gasteiger partial charge in [0.05, 0.1) is 14.2 Å². The van der Waals surface area contributed by atoms with Crippen LogP contribution in [0.25, 0.3) is 0 Å². The van der Waals surface area contributed by atoms with E-state index in [9.17, 15) is 4.79 Å². The highest BCUT2D eigenvalue weighted by Gasteiger charge is 2.40. The van der Waals surface area contributed by atoms with Gasteiger partial charge in [0.1, 0.15) is 0 Å². The van der Waals surface area contributed by atoms with Gasteiger partial charge in [0, 0.05) is 18.2 Å². The van der Waals surface area contributed by atoms with Crippen LogP contribution in [0, 0.1) is 17.8 Å². The standard InChI is InChI=1S/C17H23NO3/c1-20-15-6-5-14(10-16(15)21-2)18-17(19)9-13-8-11-3-4-12(13)7-11/h5-6,10-13H,3-4,7-9H2,1-2H3,(H,18,19)/t11-,12+,13+/m0/s1. The SMILES string of the molecule is COc1ccc(NC(=O)C[C@H]2C[C@H]3CC[C@@H]2C3)cc1OC. The van der Waals surface area contributed by atoms with Crippen molar-refractivity contribution in [2.45, 2.75) is 32.1 Å². The molecule has 3 atom stereocenters. The maximum Gasteiger partial charge on any atom is 0.224 e. The average Bonchev–Trinajstić information content (AvgIpc) is 3.09. The van der Waals surface area contributed by atoms with E-state index in [1.165, 1.54) is 25.7 Å². The van der Waals surface area contributed by atoms with Crippen molar-refractivity contribution in [1.29, 1.82) is 0 Å². The second-order valence-electron chi connectivity index (χ2n) is 6.26. The van der Waals surface area contributed by atoms with Gasteiger partial charge in [-0.15, -0.1) is 0 Å². The van der Waals surface area contributed by atoms with Gasteiger partial charge >= 0.3 is 0 Å². The first-order valence-electron chi connectivity index (χ1n) is 7.71. The first kappa shape index (κ1) is 14.2. The number of rotatable bonds is 5. The Balaban J connectivity index is 1.59. The van der Waals surface area contributed by atoms with E-state index in [2.05, 4.69) is 5.32 Å². The van der Waals surface area contributed by atoms with Gasteiger partial charge in [0.2, 0.25) is 5.91 Å². The molecule has 2 bridgehead atoms. The number of fused-ring (bicyclic) bond motifs is 2. The van der Waals surface area contributed by atoms with Crippen LogP contribution in [0.5, 0.6) is 11.5 Å². The van der Waals surface area contributed by atoms with Crippen molar-refractivity contribution >= 4 is 11.6 Å². The zero-order valence-corrected chi connectivity index (χ0v) is 12.7. The summed E-state index contributed by atoms with van der Waals surface area (Å²) in [7, 11) is 3.20. The molecule has 21 heavy (non-hydrogen) atoms. The molecule has 1 aromatic carbocycles. The Morgan fingerprint density at radius 2 is 2.00 bits per heavy atom. The van der Waals surface area contributed by atoms with Gasteiger partial charge in [0.15, 0.2) is 11.5 Å². The third-order valence-corrected chi connectivity index (χ3v) is 5.00. The molecule has 4 nitrogen and oxygen atoms in total. The predicted molar refractivity (Wildman–Crippen MR) is 81.7 cm³/mol. The molecule has 0 aromatic heterocycles. The summed E-state index contributed by atoms with van der Waals surface area (Å²) in [4.78, 5) is 12.2. The zero-order valence-electron chi connectivity index (χ0n) is 12.7. The highest BCUT2D eigenvalue weighted by Crippen LogP contribution is 2.49. The Morgan fingerprint density at radius 3 is 2.62 bits per heavy atom. The summed E-state index contributed by atoms with van der Waals surface area (Å²) in [6, 6.07) is 5.46. The maximum atomic E-state index is 12.2. The largest absolute Gasteiger partial charge is 0.493 e. The fraction of sp³-hybridized carbons (Fsp3) is 0.588. The summed E-state index contributed by atoms with van der Waals surface area (Å²) < 4.78 is 10.5. The normalized spacial score (nSPS) is 26.7. The van der Waals surface area contributed by atoms with E-state index in [-0.39, 0.29) is 5.91 Å². The zero-order chi connectivity index (χ0) is 14.8. The number of hydrogen-bond acceptors (Lipinski definition) is 3. The molecule has 0 unspecified atom stereocenters. The molecule has 1 N–H and O–H groups in total. The van der Waals surface area contributed by atoms with Crippen molar-refractivity contribution in [1.82, 2.24) is 0 Å². The molecule has 2 fully saturated rings.